The van der Waals surface area contributed by atoms with Gasteiger partial charge in [0, 0.05) is 5.39 Å². The van der Waals surface area contributed by atoms with Crippen molar-refractivity contribution < 1.29 is 9.47 Å². The van der Waals surface area contributed by atoms with Gasteiger partial charge < -0.3 is 9.47 Å². The fraction of sp³-hybridized carbons (Fsp3) is 0.0909. The van der Waals surface area contributed by atoms with Crippen LogP contribution in [0.2, 0.25) is 0 Å². The Labute approximate surface area is 155 Å². The van der Waals surface area contributed by atoms with Gasteiger partial charge in [0.1, 0.15) is 22.7 Å². The van der Waals surface area contributed by atoms with Gasteiger partial charge in [-0.15, -0.1) is 0 Å². The second-order valence-electron chi connectivity index (χ2n) is 6.25. The number of benzene rings is 3. The largest absolute Gasteiger partial charge is 0.496 e. The second-order valence-corrected chi connectivity index (χ2v) is 6.25. The molecule has 0 saturated heterocycles. The van der Waals surface area contributed by atoms with Crippen LogP contribution in [0.15, 0.2) is 66.7 Å². The second kappa shape index (κ2) is 5.99. The molecule has 3 aromatic carbocycles. The van der Waals surface area contributed by atoms with E-state index in [0.29, 0.717) is 11.5 Å². The highest BCUT2D eigenvalue weighted by molar-refractivity contribution is 5.98. The van der Waals surface area contributed by atoms with E-state index in [9.17, 15) is 0 Å². The van der Waals surface area contributed by atoms with Crippen molar-refractivity contribution in [3.63, 3.8) is 0 Å². The molecule has 0 spiro atoms. The zero-order chi connectivity index (χ0) is 18.4. The summed E-state index contributed by atoms with van der Waals surface area (Å²) in [5.74, 6) is 2.15. The SMILES string of the molecule is COc1cccc(OC)c1-c1nc2ccccc2c2nc3ccccc3n12. The van der Waals surface area contributed by atoms with Crippen molar-refractivity contribution in [3.8, 4) is 22.9 Å². The van der Waals surface area contributed by atoms with Crippen molar-refractivity contribution in [2.75, 3.05) is 14.2 Å². The molecule has 5 rings (SSSR count). The van der Waals surface area contributed by atoms with E-state index in [2.05, 4.69) is 10.5 Å². The first-order valence-electron chi connectivity index (χ1n) is 8.69. The molecule has 0 N–H and O–H groups in total. The first-order chi connectivity index (χ1) is 13.3. The standard InChI is InChI=1S/C22H17N3O2/c1-26-18-12-7-13-19(27-2)20(18)22-23-15-9-4-3-8-14(15)21-24-16-10-5-6-11-17(16)25(21)22/h3-13H,1-2H3. The molecular formula is C22H17N3O2. The quantitative estimate of drug-likeness (QED) is 0.470. The average Bonchev–Trinajstić information content (AvgIpc) is 3.12. The topological polar surface area (TPSA) is 48.7 Å². The Bertz CT molecular complexity index is 1290. The Morgan fingerprint density at radius 3 is 2.11 bits per heavy atom. The summed E-state index contributed by atoms with van der Waals surface area (Å²) in [4.78, 5) is 9.86. The highest BCUT2D eigenvalue weighted by atomic mass is 16.5. The van der Waals surface area contributed by atoms with E-state index in [0.717, 1.165) is 39.0 Å². The van der Waals surface area contributed by atoms with E-state index in [-0.39, 0.29) is 0 Å². The number of imidazole rings is 1. The lowest BCUT2D eigenvalue weighted by Crippen LogP contribution is -2.01. The maximum Gasteiger partial charge on any atom is 0.154 e. The molecule has 0 fully saturated rings. The van der Waals surface area contributed by atoms with Crippen molar-refractivity contribution >= 4 is 27.6 Å². The third-order valence-electron chi connectivity index (χ3n) is 4.80. The first-order valence-corrected chi connectivity index (χ1v) is 8.69. The molecule has 132 valence electrons. The van der Waals surface area contributed by atoms with Crippen molar-refractivity contribution in [1.29, 1.82) is 0 Å². The molecule has 5 aromatic rings. The van der Waals surface area contributed by atoms with Gasteiger partial charge in [-0.25, -0.2) is 9.97 Å². The maximum absolute atomic E-state index is 5.64. The van der Waals surface area contributed by atoms with E-state index in [4.69, 9.17) is 19.4 Å². The Balaban J connectivity index is 2.04. The molecule has 0 radical (unpaired) electrons. The van der Waals surface area contributed by atoms with E-state index < -0.39 is 0 Å². The van der Waals surface area contributed by atoms with Gasteiger partial charge >= 0.3 is 0 Å². The predicted molar refractivity (Wildman–Crippen MR) is 107 cm³/mol. The summed E-state index contributed by atoms with van der Waals surface area (Å²) in [5.41, 5.74) is 4.47. The summed E-state index contributed by atoms with van der Waals surface area (Å²) < 4.78 is 13.4. The zero-order valence-electron chi connectivity index (χ0n) is 15.0. The van der Waals surface area contributed by atoms with Crippen LogP contribution < -0.4 is 9.47 Å². The summed E-state index contributed by atoms with van der Waals surface area (Å²) in [6, 6.07) is 21.8. The van der Waals surface area contributed by atoms with Crippen LogP contribution in [-0.2, 0) is 0 Å². The third-order valence-corrected chi connectivity index (χ3v) is 4.80. The van der Waals surface area contributed by atoms with Gasteiger partial charge in [-0.1, -0.05) is 30.3 Å². The molecule has 27 heavy (non-hydrogen) atoms. The average molecular weight is 355 g/mol. The molecule has 0 aliphatic rings. The molecular weight excluding hydrogens is 338 g/mol. The van der Waals surface area contributed by atoms with Crippen LogP contribution in [-0.4, -0.2) is 28.6 Å². The van der Waals surface area contributed by atoms with Gasteiger partial charge in [0.05, 0.1) is 30.8 Å². The normalized spacial score (nSPS) is 11.3. The predicted octanol–water partition coefficient (Wildman–Crippen LogP) is 4.72. The lowest BCUT2D eigenvalue weighted by Gasteiger charge is -2.15. The summed E-state index contributed by atoms with van der Waals surface area (Å²) >= 11 is 0. The van der Waals surface area contributed by atoms with Gasteiger partial charge in [0.25, 0.3) is 0 Å². The minimum atomic E-state index is 0.705. The van der Waals surface area contributed by atoms with Gasteiger partial charge in [0.2, 0.25) is 0 Å². The van der Waals surface area contributed by atoms with Crippen molar-refractivity contribution in [2.24, 2.45) is 0 Å². The van der Waals surface area contributed by atoms with Crippen LogP contribution in [0.1, 0.15) is 0 Å². The lowest BCUT2D eigenvalue weighted by atomic mass is 10.1. The maximum atomic E-state index is 5.64. The number of hydrogen-bond acceptors (Lipinski definition) is 4. The molecule has 2 aromatic heterocycles. The molecule has 0 atom stereocenters. The number of para-hydroxylation sites is 3. The Morgan fingerprint density at radius 2 is 1.37 bits per heavy atom. The number of fused-ring (bicyclic) bond motifs is 5. The van der Waals surface area contributed by atoms with E-state index >= 15 is 0 Å². The molecule has 0 aliphatic heterocycles. The lowest BCUT2D eigenvalue weighted by molar-refractivity contribution is 0.397. The van der Waals surface area contributed by atoms with Gasteiger partial charge in [-0.3, -0.25) is 4.40 Å². The Hall–Kier alpha value is -3.60. The molecule has 0 amide bonds. The van der Waals surface area contributed by atoms with Gasteiger partial charge in [0.15, 0.2) is 5.82 Å². The van der Waals surface area contributed by atoms with Crippen molar-refractivity contribution in [3.05, 3.63) is 66.7 Å². The van der Waals surface area contributed by atoms with Gasteiger partial charge in [-0.05, 0) is 36.4 Å². The molecule has 0 unspecified atom stereocenters. The molecule has 5 nitrogen and oxygen atoms in total. The molecule has 0 aliphatic carbocycles. The van der Waals surface area contributed by atoms with Gasteiger partial charge in [-0.2, -0.15) is 0 Å². The number of methoxy groups -OCH3 is 2. The van der Waals surface area contributed by atoms with Crippen LogP contribution in [0, 0.1) is 0 Å². The van der Waals surface area contributed by atoms with E-state index in [1.54, 1.807) is 14.2 Å². The third kappa shape index (κ3) is 2.25. The van der Waals surface area contributed by atoms with Crippen LogP contribution >= 0.6 is 0 Å². The van der Waals surface area contributed by atoms with Crippen LogP contribution in [0.25, 0.3) is 39.0 Å². The van der Waals surface area contributed by atoms with Crippen molar-refractivity contribution in [2.45, 2.75) is 0 Å². The fourth-order valence-corrected chi connectivity index (χ4v) is 3.58. The summed E-state index contributed by atoms with van der Waals surface area (Å²) in [6.45, 7) is 0. The number of aromatic nitrogens is 3. The van der Waals surface area contributed by atoms with Crippen molar-refractivity contribution in [1.82, 2.24) is 14.4 Å². The molecule has 0 saturated carbocycles. The fourth-order valence-electron chi connectivity index (χ4n) is 3.58. The first kappa shape index (κ1) is 15.6. The highest BCUT2D eigenvalue weighted by Crippen LogP contribution is 2.39. The number of nitrogens with zero attached hydrogens (tertiary/aromatic N) is 3. The minimum absolute atomic E-state index is 0.705. The van der Waals surface area contributed by atoms with Crippen LogP contribution in [0.5, 0.6) is 11.5 Å². The summed E-state index contributed by atoms with van der Waals surface area (Å²) in [5, 5.41) is 1.01. The monoisotopic (exact) mass is 355 g/mol. The Morgan fingerprint density at radius 1 is 0.704 bits per heavy atom. The van der Waals surface area contributed by atoms with E-state index in [1.807, 2.05) is 60.7 Å². The number of ether oxygens (including phenoxy) is 2. The molecule has 5 heteroatoms. The van der Waals surface area contributed by atoms with E-state index in [1.165, 1.54) is 0 Å². The summed E-state index contributed by atoms with van der Waals surface area (Å²) in [7, 11) is 3.31. The Kier molecular flexibility index (Phi) is 3.47. The minimum Gasteiger partial charge on any atom is -0.496 e. The smallest absolute Gasteiger partial charge is 0.154 e. The molecule has 0 bridgehead atoms. The molecule has 2 heterocycles. The highest BCUT2D eigenvalue weighted by Gasteiger charge is 2.20. The van der Waals surface area contributed by atoms with Crippen LogP contribution in [0.3, 0.4) is 0 Å². The van der Waals surface area contributed by atoms with Crippen LogP contribution in [0.4, 0.5) is 0 Å². The number of hydrogen-bond donors (Lipinski definition) is 0. The zero-order valence-corrected chi connectivity index (χ0v) is 15.0. The summed E-state index contributed by atoms with van der Waals surface area (Å²) in [6.07, 6.45) is 0. The number of rotatable bonds is 3.